The van der Waals surface area contributed by atoms with E-state index in [0.717, 1.165) is 17.8 Å². The molecular formula is C20H39. The summed E-state index contributed by atoms with van der Waals surface area (Å²) >= 11 is 0. The van der Waals surface area contributed by atoms with E-state index in [1.165, 1.54) is 63.4 Å². The minimum atomic E-state index is 0.873. The Morgan fingerprint density at radius 1 is 0.800 bits per heavy atom. The van der Waals surface area contributed by atoms with Crippen LogP contribution in [0.4, 0.5) is 0 Å². The smallest absolute Gasteiger partial charge is 0.0313 e. The molecule has 20 heavy (non-hydrogen) atoms. The van der Waals surface area contributed by atoms with Gasteiger partial charge in [-0.3, -0.25) is 0 Å². The summed E-state index contributed by atoms with van der Waals surface area (Å²) in [6.45, 7) is 15.5. The third-order valence-corrected chi connectivity index (χ3v) is 4.49. The van der Waals surface area contributed by atoms with Crippen LogP contribution in [0.5, 0.6) is 0 Å². The summed E-state index contributed by atoms with van der Waals surface area (Å²) in [7, 11) is 0. The second-order valence-corrected chi connectivity index (χ2v) is 7.41. The van der Waals surface area contributed by atoms with Gasteiger partial charge in [0.15, 0.2) is 0 Å². The van der Waals surface area contributed by atoms with Gasteiger partial charge < -0.3 is 0 Å². The van der Waals surface area contributed by atoms with Crippen LogP contribution in [0.2, 0.25) is 0 Å². The summed E-state index contributed by atoms with van der Waals surface area (Å²) in [6.07, 6.45) is 14.5. The molecule has 0 aromatic heterocycles. The molecule has 0 aliphatic carbocycles. The van der Waals surface area contributed by atoms with E-state index in [-0.39, 0.29) is 0 Å². The van der Waals surface area contributed by atoms with Crippen LogP contribution in [-0.2, 0) is 0 Å². The van der Waals surface area contributed by atoms with Crippen molar-refractivity contribution < 1.29 is 0 Å². The predicted octanol–water partition coefficient (Wildman–Crippen LogP) is 7.21. The zero-order valence-electron chi connectivity index (χ0n) is 14.9. The van der Waals surface area contributed by atoms with E-state index in [1.54, 1.807) is 0 Å². The highest BCUT2D eigenvalue weighted by atomic mass is 14.1. The van der Waals surface area contributed by atoms with Crippen LogP contribution >= 0.6 is 0 Å². The van der Waals surface area contributed by atoms with E-state index in [9.17, 15) is 0 Å². The van der Waals surface area contributed by atoms with Crippen molar-refractivity contribution in [3.8, 4) is 0 Å². The second kappa shape index (κ2) is 12.5. The fraction of sp³-hybridized carbons (Fsp3) is 0.850. The number of rotatable bonds is 12. The molecule has 0 aromatic carbocycles. The highest BCUT2D eigenvalue weighted by Gasteiger charge is 2.06. The molecule has 0 rings (SSSR count). The van der Waals surface area contributed by atoms with Gasteiger partial charge >= 0.3 is 0 Å². The lowest BCUT2D eigenvalue weighted by molar-refractivity contribution is 0.389. The van der Waals surface area contributed by atoms with Gasteiger partial charge in [0, 0.05) is 0 Å². The van der Waals surface area contributed by atoms with Gasteiger partial charge in [0.1, 0.15) is 0 Å². The minimum absolute atomic E-state index is 0.873. The van der Waals surface area contributed by atoms with E-state index >= 15 is 0 Å². The number of hydrogen-bond donors (Lipinski definition) is 0. The Kier molecular flexibility index (Phi) is 12.3. The maximum atomic E-state index is 3.83. The summed E-state index contributed by atoms with van der Waals surface area (Å²) in [5, 5.41) is 0. The lowest BCUT2D eigenvalue weighted by atomic mass is 9.91. The molecular weight excluding hydrogens is 240 g/mol. The van der Waals surface area contributed by atoms with Crippen molar-refractivity contribution in [1.29, 1.82) is 0 Å². The fourth-order valence-electron chi connectivity index (χ4n) is 2.81. The average Bonchev–Trinajstić information content (AvgIpc) is 2.38. The van der Waals surface area contributed by atoms with E-state index in [2.05, 4.69) is 41.5 Å². The van der Waals surface area contributed by atoms with Crippen molar-refractivity contribution in [2.45, 2.75) is 92.4 Å². The number of hydrogen-bond acceptors (Lipinski definition) is 0. The van der Waals surface area contributed by atoms with Gasteiger partial charge in [0.25, 0.3) is 0 Å². The van der Waals surface area contributed by atoms with Crippen molar-refractivity contribution in [3.63, 3.8) is 0 Å². The Hall–Kier alpha value is -0.260. The van der Waals surface area contributed by atoms with Gasteiger partial charge in [-0.25, -0.2) is 0 Å². The zero-order valence-corrected chi connectivity index (χ0v) is 14.9. The first-order chi connectivity index (χ1) is 9.45. The monoisotopic (exact) mass is 279 g/mol. The lowest BCUT2D eigenvalue weighted by Gasteiger charge is -2.15. The van der Waals surface area contributed by atoms with Crippen LogP contribution in [0, 0.1) is 24.7 Å². The molecule has 0 bridgehead atoms. The summed E-state index contributed by atoms with van der Waals surface area (Å²) in [5.74, 6) is 2.70. The molecule has 0 heterocycles. The third kappa shape index (κ3) is 12.8. The molecule has 0 saturated carbocycles. The molecule has 2 atom stereocenters. The quantitative estimate of drug-likeness (QED) is 0.354. The maximum absolute atomic E-state index is 3.83. The van der Waals surface area contributed by atoms with Crippen molar-refractivity contribution in [2.24, 2.45) is 17.8 Å². The van der Waals surface area contributed by atoms with Crippen molar-refractivity contribution in [2.75, 3.05) is 0 Å². The van der Waals surface area contributed by atoms with Crippen LogP contribution in [0.3, 0.4) is 0 Å². The first-order valence-corrected chi connectivity index (χ1v) is 8.90. The van der Waals surface area contributed by atoms with E-state index < -0.39 is 0 Å². The van der Waals surface area contributed by atoms with Gasteiger partial charge in [0.05, 0.1) is 0 Å². The van der Waals surface area contributed by atoms with E-state index in [4.69, 9.17) is 0 Å². The highest BCUT2D eigenvalue weighted by molar-refractivity contribution is 4.99. The molecule has 119 valence electrons. The molecule has 2 unspecified atom stereocenters. The molecule has 0 aromatic rings. The van der Waals surface area contributed by atoms with E-state index in [1.807, 2.05) is 6.08 Å². The SMILES string of the molecule is [CH2]/C=C(/C)CCCC(C)CCCC(C)CCCC(C)C. The summed E-state index contributed by atoms with van der Waals surface area (Å²) in [4.78, 5) is 0. The van der Waals surface area contributed by atoms with Gasteiger partial charge in [-0.1, -0.05) is 84.3 Å². The van der Waals surface area contributed by atoms with Crippen LogP contribution in [0.25, 0.3) is 0 Å². The molecule has 0 amide bonds. The molecule has 0 N–H and O–H groups in total. The first kappa shape index (κ1) is 19.7. The van der Waals surface area contributed by atoms with Gasteiger partial charge in [-0.15, -0.1) is 0 Å². The van der Waals surface area contributed by atoms with Crippen LogP contribution in [0.15, 0.2) is 11.6 Å². The standard InChI is InChI=1S/C20H39/c1-7-18(4)12-9-14-20(6)16-10-15-19(5)13-8-11-17(2)3/h7,17,19-20H,1,8-16H2,2-6H3/b18-7-. The average molecular weight is 280 g/mol. The van der Waals surface area contributed by atoms with Crippen molar-refractivity contribution in [3.05, 3.63) is 18.6 Å². The highest BCUT2D eigenvalue weighted by Crippen LogP contribution is 2.21. The summed E-state index contributed by atoms with van der Waals surface area (Å²) in [5.41, 5.74) is 1.44. The Morgan fingerprint density at radius 2 is 1.25 bits per heavy atom. The summed E-state index contributed by atoms with van der Waals surface area (Å²) < 4.78 is 0. The molecule has 0 nitrogen and oxygen atoms in total. The van der Waals surface area contributed by atoms with E-state index in [0.29, 0.717) is 0 Å². The minimum Gasteiger partial charge on any atom is -0.0853 e. The molecule has 0 heteroatoms. The molecule has 1 radical (unpaired) electrons. The fourth-order valence-corrected chi connectivity index (χ4v) is 2.81. The number of allylic oxidation sites excluding steroid dienone is 2. The molecule has 0 saturated heterocycles. The Labute approximate surface area is 129 Å². The lowest BCUT2D eigenvalue weighted by Crippen LogP contribution is -2.00. The second-order valence-electron chi connectivity index (χ2n) is 7.41. The van der Waals surface area contributed by atoms with Crippen LogP contribution < -0.4 is 0 Å². The topological polar surface area (TPSA) is 0 Å². The Balaban J connectivity index is 3.48. The largest absolute Gasteiger partial charge is 0.0853 e. The maximum Gasteiger partial charge on any atom is -0.0313 e. The van der Waals surface area contributed by atoms with Crippen molar-refractivity contribution in [1.82, 2.24) is 0 Å². The normalized spacial score (nSPS) is 15.7. The van der Waals surface area contributed by atoms with Crippen molar-refractivity contribution >= 4 is 0 Å². The van der Waals surface area contributed by atoms with Gasteiger partial charge in [-0.2, -0.15) is 0 Å². The third-order valence-electron chi connectivity index (χ3n) is 4.49. The first-order valence-electron chi connectivity index (χ1n) is 8.90. The zero-order chi connectivity index (χ0) is 15.4. The van der Waals surface area contributed by atoms with Gasteiger partial charge in [-0.05, 0) is 44.4 Å². The molecule has 0 spiro atoms. The molecule has 0 aliphatic rings. The van der Waals surface area contributed by atoms with Crippen LogP contribution in [-0.4, -0.2) is 0 Å². The summed E-state index contributed by atoms with van der Waals surface area (Å²) in [6, 6.07) is 0. The van der Waals surface area contributed by atoms with Crippen LogP contribution in [0.1, 0.15) is 92.4 Å². The Bertz CT molecular complexity index is 236. The predicted molar refractivity (Wildman–Crippen MR) is 93.8 cm³/mol. The molecule has 0 aliphatic heterocycles. The molecule has 0 fully saturated rings. The van der Waals surface area contributed by atoms with Gasteiger partial charge in [0.2, 0.25) is 0 Å². The Morgan fingerprint density at radius 3 is 1.70 bits per heavy atom.